The van der Waals surface area contributed by atoms with E-state index in [-0.39, 0.29) is 25.2 Å². The minimum absolute atomic E-state index is 0.00202. The van der Waals surface area contributed by atoms with Crippen LogP contribution in [-0.4, -0.2) is 30.4 Å². The lowest BCUT2D eigenvalue weighted by atomic mass is 9.74. The first-order valence-corrected chi connectivity index (χ1v) is 6.26. The normalized spacial score (nSPS) is 33.4. The number of hydrogen-bond acceptors (Lipinski definition) is 7. The molecule has 108 valence electrons. The van der Waals surface area contributed by atoms with Crippen molar-refractivity contribution in [2.75, 3.05) is 0 Å². The Kier molecular flexibility index (Phi) is 3.99. The van der Waals surface area contributed by atoms with Crippen LogP contribution >= 0.6 is 0 Å². The Morgan fingerprint density at radius 2 is 2.20 bits per heavy atom. The molecule has 1 aliphatic carbocycles. The number of carbonyl (C=O) groups excluding carboxylic acids is 4. The Bertz CT molecular complexity index is 497. The molecule has 7 heteroatoms. The van der Waals surface area contributed by atoms with Gasteiger partial charge >= 0.3 is 24.4 Å². The molecular weight excluding hydrogens is 266 g/mol. The molecule has 0 bridgehead atoms. The zero-order valence-electron chi connectivity index (χ0n) is 10.9. The maximum absolute atomic E-state index is 11.7. The van der Waals surface area contributed by atoms with Gasteiger partial charge in [-0.3, -0.25) is 19.2 Å². The molecule has 4 unspecified atom stereocenters. The number of carbonyl (C=O) groups is 4. The molecule has 0 aromatic heterocycles. The van der Waals surface area contributed by atoms with Crippen molar-refractivity contribution >= 4 is 24.4 Å². The molecule has 0 saturated carbocycles. The maximum Gasteiger partial charge on any atom is 0.318 e. The summed E-state index contributed by atoms with van der Waals surface area (Å²) < 4.78 is 8.87. The van der Waals surface area contributed by atoms with Crippen molar-refractivity contribution in [1.82, 2.24) is 0 Å². The van der Waals surface area contributed by atoms with Crippen molar-refractivity contribution in [3.8, 4) is 0 Å². The lowest BCUT2D eigenvalue weighted by Gasteiger charge is -2.32. The van der Waals surface area contributed by atoms with Gasteiger partial charge in [-0.1, -0.05) is 11.6 Å². The van der Waals surface area contributed by atoms with E-state index in [1.165, 1.54) is 0 Å². The van der Waals surface area contributed by atoms with Crippen molar-refractivity contribution in [2.24, 2.45) is 23.5 Å². The summed E-state index contributed by atoms with van der Waals surface area (Å²) in [5.74, 6) is -3.49. The van der Waals surface area contributed by atoms with Crippen molar-refractivity contribution in [3.05, 3.63) is 11.6 Å². The SMILES string of the molecule is CC1=CC(C2CC(=O)OC2=O)CC(C(=O)OC=O)C1N. The summed E-state index contributed by atoms with van der Waals surface area (Å²) in [5, 5.41) is 0. The second-order valence-electron chi connectivity index (χ2n) is 5.08. The molecular formula is C13H15NO6. The fraction of sp³-hybridized carbons (Fsp3) is 0.538. The third-order valence-corrected chi connectivity index (χ3v) is 3.85. The molecule has 2 N–H and O–H groups in total. The molecule has 0 aromatic carbocycles. The second-order valence-corrected chi connectivity index (χ2v) is 5.08. The maximum atomic E-state index is 11.7. The smallest absolute Gasteiger partial charge is 0.318 e. The molecule has 0 aromatic rings. The van der Waals surface area contributed by atoms with Crippen LogP contribution in [0.3, 0.4) is 0 Å². The van der Waals surface area contributed by atoms with Gasteiger partial charge in [0, 0.05) is 6.04 Å². The van der Waals surface area contributed by atoms with Gasteiger partial charge in [-0.2, -0.15) is 0 Å². The van der Waals surface area contributed by atoms with Crippen LogP contribution in [0.4, 0.5) is 0 Å². The van der Waals surface area contributed by atoms with Gasteiger partial charge in [-0.05, 0) is 19.3 Å². The average molecular weight is 281 g/mol. The van der Waals surface area contributed by atoms with Crippen LogP contribution < -0.4 is 5.73 Å². The summed E-state index contributed by atoms with van der Waals surface area (Å²) in [7, 11) is 0. The van der Waals surface area contributed by atoms with Crippen LogP contribution in [-0.2, 0) is 28.7 Å². The van der Waals surface area contributed by atoms with Gasteiger partial charge in [-0.25, -0.2) is 0 Å². The summed E-state index contributed by atoms with van der Waals surface area (Å²) in [4.78, 5) is 44.7. The minimum Gasteiger partial charge on any atom is -0.395 e. The van der Waals surface area contributed by atoms with E-state index in [0.29, 0.717) is 0 Å². The van der Waals surface area contributed by atoms with Crippen LogP contribution in [0, 0.1) is 17.8 Å². The summed E-state index contributed by atoms with van der Waals surface area (Å²) in [5.41, 5.74) is 6.63. The third-order valence-electron chi connectivity index (χ3n) is 3.85. The Morgan fingerprint density at radius 1 is 1.50 bits per heavy atom. The van der Waals surface area contributed by atoms with Gasteiger partial charge in [-0.15, -0.1) is 0 Å². The fourth-order valence-corrected chi connectivity index (χ4v) is 2.75. The van der Waals surface area contributed by atoms with Crippen molar-refractivity contribution in [1.29, 1.82) is 0 Å². The first-order valence-electron chi connectivity index (χ1n) is 6.26. The Balaban J connectivity index is 2.19. The second kappa shape index (κ2) is 5.54. The molecule has 1 fully saturated rings. The van der Waals surface area contributed by atoms with Crippen LogP contribution in [0.25, 0.3) is 0 Å². The number of esters is 3. The number of hydrogen-bond donors (Lipinski definition) is 1. The molecule has 1 heterocycles. The van der Waals surface area contributed by atoms with Gasteiger partial charge < -0.3 is 15.2 Å². The van der Waals surface area contributed by atoms with E-state index in [4.69, 9.17) is 5.73 Å². The highest BCUT2D eigenvalue weighted by Gasteiger charge is 2.43. The van der Waals surface area contributed by atoms with Gasteiger partial charge in [0.05, 0.1) is 18.3 Å². The highest BCUT2D eigenvalue weighted by atomic mass is 16.6. The monoisotopic (exact) mass is 281 g/mol. The van der Waals surface area contributed by atoms with Gasteiger partial charge in [0.15, 0.2) is 0 Å². The molecule has 20 heavy (non-hydrogen) atoms. The molecule has 1 aliphatic heterocycles. The first-order chi connectivity index (χ1) is 9.43. The van der Waals surface area contributed by atoms with Crippen molar-refractivity contribution < 1.29 is 28.7 Å². The van der Waals surface area contributed by atoms with E-state index in [2.05, 4.69) is 9.47 Å². The first kappa shape index (κ1) is 14.4. The minimum atomic E-state index is -0.720. The molecule has 4 atom stereocenters. The molecule has 2 rings (SSSR count). The quantitative estimate of drug-likeness (QED) is 0.326. The number of allylic oxidation sites excluding steroid dienone is 1. The standard InChI is InChI=1S/C13H15NO6/c1-6-2-7(8-4-10(16)20-13(8)18)3-9(11(6)14)12(17)19-5-15/h2,5,7-9,11H,3-4,14H2,1H3. The summed E-state index contributed by atoms with van der Waals surface area (Å²) in [6.07, 6.45) is 2.04. The number of ether oxygens (including phenoxy) is 2. The van der Waals surface area contributed by atoms with E-state index < -0.39 is 35.8 Å². The molecule has 0 spiro atoms. The predicted molar refractivity (Wildman–Crippen MR) is 64.7 cm³/mol. The van der Waals surface area contributed by atoms with Gasteiger partial charge in [0.2, 0.25) is 0 Å². The van der Waals surface area contributed by atoms with E-state index >= 15 is 0 Å². The molecule has 2 aliphatic rings. The zero-order chi connectivity index (χ0) is 14.9. The van der Waals surface area contributed by atoms with Gasteiger partial charge in [0.1, 0.15) is 0 Å². The Hall–Kier alpha value is -2.02. The molecule has 7 nitrogen and oxygen atoms in total. The molecule has 1 saturated heterocycles. The zero-order valence-corrected chi connectivity index (χ0v) is 10.9. The van der Waals surface area contributed by atoms with Crippen LogP contribution in [0.2, 0.25) is 0 Å². The van der Waals surface area contributed by atoms with E-state index in [1.54, 1.807) is 13.0 Å². The molecule has 0 amide bonds. The van der Waals surface area contributed by atoms with E-state index in [9.17, 15) is 19.2 Å². The predicted octanol–water partition coefficient (Wildman–Crippen LogP) is -0.315. The summed E-state index contributed by atoms with van der Waals surface area (Å²) >= 11 is 0. The van der Waals surface area contributed by atoms with Gasteiger partial charge in [0.25, 0.3) is 0 Å². The topological polar surface area (TPSA) is 113 Å². The van der Waals surface area contributed by atoms with Crippen LogP contribution in [0.5, 0.6) is 0 Å². The summed E-state index contributed by atoms with van der Waals surface area (Å²) in [6.45, 7) is 1.80. The Morgan fingerprint density at radius 3 is 2.75 bits per heavy atom. The van der Waals surface area contributed by atoms with Crippen molar-refractivity contribution in [3.63, 3.8) is 0 Å². The highest BCUT2D eigenvalue weighted by Crippen LogP contribution is 2.36. The largest absolute Gasteiger partial charge is 0.395 e. The fourth-order valence-electron chi connectivity index (χ4n) is 2.75. The van der Waals surface area contributed by atoms with Crippen molar-refractivity contribution in [2.45, 2.75) is 25.8 Å². The Labute approximate surface area is 115 Å². The summed E-state index contributed by atoms with van der Waals surface area (Å²) in [6, 6.07) is -0.563. The molecule has 0 radical (unpaired) electrons. The lowest BCUT2D eigenvalue weighted by Crippen LogP contribution is -2.42. The van der Waals surface area contributed by atoms with E-state index in [0.717, 1.165) is 5.57 Å². The van der Waals surface area contributed by atoms with Crippen LogP contribution in [0.1, 0.15) is 19.8 Å². The lowest BCUT2D eigenvalue weighted by molar-refractivity contribution is -0.158. The average Bonchev–Trinajstić information content (AvgIpc) is 2.72. The van der Waals surface area contributed by atoms with E-state index in [1.807, 2.05) is 0 Å². The van der Waals surface area contributed by atoms with Crippen LogP contribution in [0.15, 0.2) is 11.6 Å². The number of rotatable bonds is 3. The number of cyclic esters (lactones) is 2. The highest BCUT2D eigenvalue weighted by molar-refractivity contribution is 5.95. The third kappa shape index (κ3) is 2.62. The number of nitrogens with two attached hydrogens (primary N) is 1.